The first kappa shape index (κ1) is 14.1. The highest BCUT2D eigenvalue weighted by atomic mass is 16.7. The van der Waals surface area contributed by atoms with Gasteiger partial charge in [-0.2, -0.15) is 0 Å². The molecule has 15 heavy (non-hydrogen) atoms. The molecule has 0 saturated heterocycles. The van der Waals surface area contributed by atoms with Gasteiger partial charge in [-0.3, -0.25) is 0 Å². The topological polar surface area (TPSA) is 75.7 Å². The Labute approximate surface area is 89.3 Å². The van der Waals surface area contributed by atoms with Crippen LogP contribution in [0.2, 0.25) is 0 Å². The molecule has 0 bridgehead atoms. The molecule has 0 heterocycles. The number of carbonyl (C=O) groups excluding carboxylic acids is 1. The van der Waals surface area contributed by atoms with Crippen LogP contribution in [0.5, 0.6) is 0 Å². The third kappa shape index (κ3) is 6.22. The van der Waals surface area contributed by atoms with Gasteiger partial charge in [-0.05, 0) is 13.3 Å². The lowest BCUT2D eigenvalue weighted by Crippen LogP contribution is -2.35. The van der Waals surface area contributed by atoms with Crippen molar-refractivity contribution in [3.05, 3.63) is 12.2 Å². The van der Waals surface area contributed by atoms with E-state index in [2.05, 4.69) is 0 Å². The Kier molecular flexibility index (Phi) is 7.89. The van der Waals surface area contributed by atoms with Crippen molar-refractivity contribution in [2.24, 2.45) is 0 Å². The average Bonchev–Trinajstić information content (AvgIpc) is 2.23. The summed E-state index contributed by atoms with van der Waals surface area (Å²) in [4.78, 5) is 11.0. The van der Waals surface area contributed by atoms with Crippen LogP contribution in [0, 0.1) is 0 Å². The number of hydrogen-bond acceptors (Lipinski definition) is 4. The van der Waals surface area contributed by atoms with E-state index in [0.29, 0.717) is 13.0 Å². The van der Waals surface area contributed by atoms with Crippen LogP contribution in [0.3, 0.4) is 0 Å². The molecule has 0 aliphatic rings. The highest BCUT2D eigenvalue weighted by Gasteiger charge is 2.22. The molecule has 0 aliphatic heterocycles. The molecule has 0 fully saturated rings. The number of aliphatic hydroxyl groups excluding tert-OH is 1. The van der Waals surface area contributed by atoms with Crippen molar-refractivity contribution < 1.29 is 24.5 Å². The zero-order valence-corrected chi connectivity index (χ0v) is 9.01. The zero-order chi connectivity index (χ0) is 11.7. The molecular weight excluding hydrogens is 200 g/mol. The van der Waals surface area contributed by atoms with E-state index >= 15 is 0 Å². The van der Waals surface area contributed by atoms with E-state index < -0.39 is 25.0 Å². The van der Waals surface area contributed by atoms with E-state index in [4.69, 9.17) is 9.47 Å². The van der Waals surface area contributed by atoms with Gasteiger partial charge in [-0.1, -0.05) is 13.0 Å². The van der Waals surface area contributed by atoms with Crippen molar-refractivity contribution >= 4 is 5.97 Å². The summed E-state index contributed by atoms with van der Waals surface area (Å²) in [6, 6.07) is 0. The van der Waals surface area contributed by atoms with Crippen molar-refractivity contribution in [3.63, 3.8) is 0 Å². The summed E-state index contributed by atoms with van der Waals surface area (Å²) in [6.07, 6.45) is 0.906. The van der Waals surface area contributed by atoms with Crippen LogP contribution >= 0.6 is 0 Å². The first-order valence-electron chi connectivity index (χ1n) is 4.86. The second kappa shape index (κ2) is 8.40. The monoisotopic (exact) mass is 217 g/mol. The molecular formula is C10H17O5. The molecule has 2 atom stereocenters. The summed E-state index contributed by atoms with van der Waals surface area (Å²) in [5.74, 6) is -0.633. The van der Waals surface area contributed by atoms with Gasteiger partial charge in [0, 0.05) is 6.08 Å². The van der Waals surface area contributed by atoms with Crippen LogP contribution in [-0.2, 0) is 19.4 Å². The number of aliphatic hydroxyl groups is 1. The number of carbonyl (C=O) groups is 1. The molecule has 1 N–H and O–H groups in total. The summed E-state index contributed by atoms with van der Waals surface area (Å²) in [7, 11) is 0. The Hall–Kier alpha value is -0.910. The molecule has 0 aromatic rings. The summed E-state index contributed by atoms with van der Waals surface area (Å²) < 4.78 is 9.78. The second-order valence-electron chi connectivity index (χ2n) is 2.91. The predicted molar refractivity (Wildman–Crippen MR) is 52.5 cm³/mol. The summed E-state index contributed by atoms with van der Waals surface area (Å²) >= 11 is 0. The molecule has 0 amide bonds. The quantitative estimate of drug-likeness (QED) is 0.386. The van der Waals surface area contributed by atoms with E-state index in [0.717, 1.165) is 0 Å². The third-order valence-electron chi connectivity index (χ3n) is 1.51. The minimum atomic E-state index is -1.33. The molecule has 2 unspecified atom stereocenters. The van der Waals surface area contributed by atoms with Crippen LogP contribution in [0.1, 0.15) is 20.3 Å². The lowest BCUT2D eigenvalue weighted by atomic mass is 10.3. The Morgan fingerprint density at radius 1 is 1.53 bits per heavy atom. The number of hydrogen-bond donors (Lipinski definition) is 1. The van der Waals surface area contributed by atoms with Gasteiger partial charge in [0.2, 0.25) is 6.29 Å². The highest BCUT2D eigenvalue weighted by molar-refractivity contribution is 5.81. The van der Waals surface area contributed by atoms with Crippen molar-refractivity contribution in [1.82, 2.24) is 0 Å². The Morgan fingerprint density at radius 2 is 2.20 bits per heavy atom. The van der Waals surface area contributed by atoms with E-state index in [1.165, 1.54) is 12.2 Å². The molecule has 0 rings (SSSR count). The lowest BCUT2D eigenvalue weighted by molar-refractivity contribution is -0.205. The number of esters is 1. The van der Waals surface area contributed by atoms with Gasteiger partial charge in [0.05, 0.1) is 6.61 Å². The van der Waals surface area contributed by atoms with Crippen LogP contribution < -0.4 is 0 Å². The zero-order valence-electron chi connectivity index (χ0n) is 9.01. The molecule has 0 spiro atoms. The number of ether oxygens (including phenoxy) is 2. The minimum Gasteiger partial charge on any atom is -0.430 e. The van der Waals surface area contributed by atoms with Crippen LogP contribution in [0.15, 0.2) is 12.2 Å². The molecule has 0 aromatic carbocycles. The van der Waals surface area contributed by atoms with E-state index in [1.54, 1.807) is 6.92 Å². The van der Waals surface area contributed by atoms with Gasteiger partial charge in [-0.25, -0.2) is 9.90 Å². The smallest absolute Gasteiger partial charge is 0.332 e. The van der Waals surface area contributed by atoms with Crippen LogP contribution in [0.25, 0.3) is 0 Å². The first-order chi connectivity index (χ1) is 7.15. The maximum absolute atomic E-state index is 11.0. The fourth-order valence-electron chi connectivity index (χ4n) is 0.826. The molecule has 5 nitrogen and oxygen atoms in total. The van der Waals surface area contributed by atoms with Crippen molar-refractivity contribution in [2.45, 2.75) is 32.7 Å². The highest BCUT2D eigenvalue weighted by Crippen LogP contribution is 2.04. The largest absolute Gasteiger partial charge is 0.430 e. The second-order valence-corrected chi connectivity index (χ2v) is 2.91. The number of allylic oxidation sites excluding steroid dienone is 1. The third-order valence-corrected chi connectivity index (χ3v) is 1.51. The Balaban J connectivity index is 4.16. The van der Waals surface area contributed by atoms with E-state index in [-0.39, 0.29) is 0 Å². The fourth-order valence-corrected chi connectivity index (χ4v) is 0.826. The van der Waals surface area contributed by atoms with Gasteiger partial charge in [0.1, 0.15) is 12.7 Å². The summed E-state index contributed by atoms with van der Waals surface area (Å²) in [5, 5.41) is 19.7. The van der Waals surface area contributed by atoms with Gasteiger partial charge in [0.25, 0.3) is 0 Å². The van der Waals surface area contributed by atoms with E-state index in [1.807, 2.05) is 6.92 Å². The normalized spacial score (nSPS) is 15.2. The lowest BCUT2D eigenvalue weighted by Gasteiger charge is -2.20. The van der Waals surface area contributed by atoms with Crippen molar-refractivity contribution in [3.8, 4) is 0 Å². The van der Waals surface area contributed by atoms with Gasteiger partial charge in [-0.15, -0.1) is 0 Å². The van der Waals surface area contributed by atoms with E-state index in [9.17, 15) is 15.0 Å². The maximum atomic E-state index is 11.0. The van der Waals surface area contributed by atoms with Crippen LogP contribution in [0.4, 0.5) is 0 Å². The molecule has 1 radical (unpaired) electrons. The molecule has 0 aromatic heterocycles. The molecule has 5 heteroatoms. The van der Waals surface area contributed by atoms with Gasteiger partial charge in [0.15, 0.2) is 0 Å². The fraction of sp³-hybridized carbons (Fsp3) is 0.700. The molecule has 87 valence electrons. The SMILES string of the molecule is CC=CC(=O)OC(OCCC)C(O)C[O]. The molecule has 0 saturated carbocycles. The standard InChI is InChI=1S/C10H17O5/c1-3-5-9(13)15-10(8(12)7-11)14-6-4-2/h3,5,8,10,12H,4,6-7H2,1-2H3. The summed E-state index contributed by atoms with van der Waals surface area (Å²) in [5.41, 5.74) is 0. The van der Waals surface area contributed by atoms with Crippen molar-refractivity contribution in [1.29, 1.82) is 0 Å². The Morgan fingerprint density at radius 3 is 2.67 bits per heavy atom. The van der Waals surface area contributed by atoms with Gasteiger partial charge < -0.3 is 14.6 Å². The van der Waals surface area contributed by atoms with Gasteiger partial charge >= 0.3 is 5.97 Å². The predicted octanol–water partition coefficient (Wildman–Crippen LogP) is 0.650. The van der Waals surface area contributed by atoms with Crippen LogP contribution in [-0.4, -0.2) is 36.7 Å². The summed E-state index contributed by atoms with van der Waals surface area (Å²) in [6.45, 7) is 3.09. The Bertz CT molecular complexity index is 202. The number of rotatable bonds is 7. The maximum Gasteiger partial charge on any atom is 0.332 e. The first-order valence-corrected chi connectivity index (χ1v) is 4.86. The minimum absolute atomic E-state index is 0.324. The molecule has 0 aliphatic carbocycles. The van der Waals surface area contributed by atoms with Crippen molar-refractivity contribution in [2.75, 3.05) is 13.2 Å². The average molecular weight is 217 g/mol.